The summed E-state index contributed by atoms with van der Waals surface area (Å²) in [5.41, 5.74) is 0.965. The topological polar surface area (TPSA) is 79.0 Å². The number of carbonyl (C=O) groups is 3. The molecule has 2 fully saturated rings. The molecule has 0 bridgehead atoms. The molecule has 152 valence electrons. The molecule has 0 radical (unpaired) electrons. The minimum atomic E-state index is -0.688. The van der Waals surface area contributed by atoms with Crippen molar-refractivity contribution in [2.75, 3.05) is 33.3 Å². The molecule has 28 heavy (non-hydrogen) atoms. The van der Waals surface area contributed by atoms with E-state index in [0.717, 1.165) is 31.2 Å². The highest BCUT2D eigenvalue weighted by molar-refractivity contribution is 5.86. The third-order valence-corrected chi connectivity index (χ3v) is 5.67. The second-order valence-electron chi connectivity index (χ2n) is 7.51. The van der Waals surface area contributed by atoms with Crippen LogP contribution in [0.1, 0.15) is 31.2 Å². The monoisotopic (exact) mass is 387 g/mol. The molecule has 1 aliphatic carbocycles. The van der Waals surface area contributed by atoms with Gasteiger partial charge in [0.2, 0.25) is 11.8 Å². The average Bonchev–Trinajstić information content (AvgIpc) is 3.28. The van der Waals surface area contributed by atoms with E-state index in [9.17, 15) is 14.4 Å². The van der Waals surface area contributed by atoms with Gasteiger partial charge in [0.05, 0.1) is 7.11 Å². The van der Waals surface area contributed by atoms with Gasteiger partial charge in [-0.05, 0) is 18.4 Å². The zero-order chi connectivity index (χ0) is 19.9. The van der Waals surface area contributed by atoms with Crippen LogP contribution in [0.15, 0.2) is 30.3 Å². The van der Waals surface area contributed by atoms with Crippen molar-refractivity contribution in [2.45, 2.75) is 38.1 Å². The van der Waals surface area contributed by atoms with Crippen molar-refractivity contribution in [2.24, 2.45) is 5.92 Å². The van der Waals surface area contributed by atoms with Gasteiger partial charge in [0.25, 0.3) is 0 Å². The van der Waals surface area contributed by atoms with Crippen molar-refractivity contribution in [3.05, 3.63) is 35.9 Å². The minimum absolute atomic E-state index is 0.137. The molecular weight excluding hydrogens is 358 g/mol. The Hall–Kier alpha value is -2.57. The second-order valence-corrected chi connectivity index (χ2v) is 7.51. The Labute approximate surface area is 166 Å². The fourth-order valence-electron chi connectivity index (χ4n) is 4.05. The molecule has 0 aromatic heterocycles. The van der Waals surface area contributed by atoms with Gasteiger partial charge in [0.15, 0.2) is 0 Å². The van der Waals surface area contributed by atoms with Gasteiger partial charge in [-0.2, -0.15) is 0 Å². The first-order valence-electron chi connectivity index (χ1n) is 10.0. The number of hydrogen-bond acceptors (Lipinski definition) is 4. The van der Waals surface area contributed by atoms with E-state index in [1.807, 2.05) is 35.2 Å². The number of amides is 3. The Morgan fingerprint density at radius 3 is 2.25 bits per heavy atom. The largest absolute Gasteiger partial charge is 0.453 e. The number of ether oxygens (including phenoxy) is 1. The van der Waals surface area contributed by atoms with E-state index in [1.165, 1.54) is 7.11 Å². The van der Waals surface area contributed by atoms with Crippen LogP contribution in [0.25, 0.3) is 0 Å². The number of rotatable bonds is 5. The highest BCUT2D eigenvalue weighted by atomic mass is 16.5. The number of methoxy groups -OCH3 is 1. The highest BCUT2D eigenvalue weighted by Crippen LogP contribution is 2.27. The summed E-state index contributed by atoms with van der Waals surface area (Å²) in [4.78, 5) is 41.0. The number of nitrogens with zero attached hydrogens (tertiary/aromatic N) is 2. The third kappa shape index (κ3) is 5.03. The van der Waals surface area contributed by atoms with Gasteiger partial charge in [-0.1, -0.05) is 43.2 Å². The SMILES string of the molecule is COC(=O)NC(Cc1ccccc1)C(=O)N1CCN(C(=O)C2CCCC2)CC1. The maximum atomic E-state index is 13.0. The lowest BCUT2D eigenvalue weighted by Gasteiger charge is -2.37. The molecule has 3 amide bonds. The van der Waals surface area contributed by atoms with Crippen LogP contribution in [0.5, 0.6) is 0 Å². The van der Waals surface area contributed by atoms with Crippen LogP contribution in [-0.4, -0.2) is 67.0 Å². The van der Waals surface area contributed by atoms with Gasteiger partial charge >= 0.3 is 6.09 Å². The van der Waals surface area contributed by atoms with Gasteiger partial charge in [-0.25, -0.2) is 4.79 Å². The summed E-state index contributed by atoms with van der Waals surface area (Å²) in [5, 5.41) is 2.66. The van der Waals surface area contributed by atoms with Crippen LogP contribution in [0.2, 0.25) is 0 Å². The number of piperazine rings is 1. The molecule has 1 unspecified atom stereocenters. The molecule has 7 heteroatoms. The van der Waals surface area contributed by atoms with Gasteiger partial charge in [0, 0.05) is 38.5 Å². The molecule has 1 N–H and O–H groups in total. The van der Waals surface area contributed by atoms with Crippen molar-refractivity contribution in [1.29, 1.82) is 0 Å². The normalized spacial score (nSPS) is 18.6. The molecule has 1 atom stereocenters. The summed E-state index contributed by atoms with van der Waals surface area (Å²) in [7, 11) is 1.28. The van der Waals surface area contributed by atoms with Gasteiger partial charge in [-0.15, -0.1) is 0 Å². The Balaban J connectivity index is 1.59. The van der Waals surface area contributed by atoms with Gasteiger partial charge in [-0.3, -0.25) is 9.59 Å². The van der Waals surface area contributed by atoms with E-state index in [2.05, 4.69) is 10.1 Å². The zero-order valence-corrected chi connectivity index (χ0v) is 16.4. The maximum absolute atomic E-state index is 13.0. The molecule has 1 aromatic carbocycles. The van der Waals surface area contributed by atoms with Gasteiger partial charge < -0.3 is 19.9 Å². The Bertz CT molecular complexity index is 680. The van der Waals surface area contributed by atoms with Crippen molar-refractivity contribution in [3.63, 3.8) is 0 Å². The number of alkyl carbamates (subject to hydrolysis) is 1. The van der Waals surface area contributed by atoms with Crippen LogP contribution in [0.4, 0.5) is 4.79 Å². The first kappa shape index (κ1) is 20.2. The molecule has 0 spiro atoms. The minimum Gasteiger partial charge on any atom is -0.453 e. The molecule has 1 heterocycles. The van der Waals surface area contributed by atoms with Crippen LogP contribution in [0, 0.1) is 5.92 Å². The van der Waals surface area contributed by atoms with Gasteiger partial charge in [0.1, 0.15) is 6.04 Å². The Morgan fingerprint density at radius 2 is 1.64 bits per heavy atom. The third-order valence-electron chi connectivity index (χ3n) is 5.67. The number of benzene rings is 1. The Morgan fingerprint density at radius 1 is 1.04 bits per heavy atom. The lowest BCUT2D eigenvalue weighted by Crippen LogP contribution is -2.56. The predicted molar refractivity (Wildman–Crippen MR) is 105 cm³/mol. The number of nitrogens with one attached hydrogen (secondary N) is 1. The highest BCUT2D eigenvalue weighted by Gasteiger charge is 2.33. The first-order valence-corrected chi connectivity index (χ1v) is 10.0. The summed E-state index contributed by atoms with van der Waals surface area (Å²) < 4.78 is 4.69. The van der Waals surface area contributed by atoms with E-state index >= 15 is 0 Å². The number of hydrogen-bond donors (Lipinski definition) is 1. The number of carbonyl (C=O) groups excluding carboxylic acids is 3. The lowest BCUT2D eigenvalue weighted by molar-refractivity contribution is -0.142. The first-order chi connectivity index (χ1) is 13.6. The van der Waals surface area contributed by atoms with Crippen LogP contribution in [-0.2, 0) is 20.7 Å². The zero-order valence-electron chi connectivity index (χ0n) is 16.4. The summed E-state index contributed by atoms with van der Waals surface area (Å²) in [5.74, 6) is 0.259. The summed E-state index contributed by atoms with van der Waals surface area (Å²) in [6.07, 6.45) is 4.02. The molecular formula is C21H29N3O4. The van der Waals surface area contributed by atoms with Crippen molar-refractivity contribution >= 4 is 17.9 Å². The predicted octanol–water partition coefficient (Wildman–Crippen LogP) is 1.81. The van der Waals surface area contributed by atoms with E-state index in [-0.39, 0.29) is 17.7 Å². The quantitative estimate of drug-likeness (QED) is 0.836. The van der Waals surface area contributed by atoms with Crippen LogP contribution in [0.3, 0.4) is 0 Å². The molecule has 1 saturated carbocycles. The fourth-order valence-corrected chi connectivity index (χ4v) is 4.05. The molecule has 1 saturated heterocycles. The van der Waals surface area contributed by atoms with E-state index in [4.69, 9.17) is 0 Å². The lowest BCUT2D eigenvalue weighted by atomic mass is 10.0. The standard InChI is InChI=1S/C21H29N3O4/c1-28-21(27)22-18(15-16-7-3-2-4-8-16)20(26)24-13-11-23(12-14-24)19(25)17-9-5-6-10-17/h2-4,7-8,17-18H,5-6,9-15H2,1H3,(H,22,27). The summed E-state index contributed by atoms with van der Waals surface area (Å²) >= 11 is 0. The Kier molecular flexibility index (Phi) is 6.90. The van der Waals surface area contributed by atoms with Crippen LogP contribution >= 0.6 is 0 Å². The van der Waals surface area contributed by atoms with E-state index in [1.54, 1.807) is 4.90 Å². The van der Waals surface area contributed by atoms with E-state index < -0.39 is 12.1 Å². The molecule has 2 aliphatic rings. The second kappa shape index (κ2) is 9.57. The molecule has 1 aromatic rings. The molecule has 3 rings (SSSR count). The van der Waals surface area contributed by atoms with Crippen molar-refractivity contribution in [1.82, 2.24) is 15.1 Å². The van der Waals surface area contributed by atoms with E-state index in [0.29, 0.717) is 32.6 Å². The molecule has 1 aliphatic heterocycles. The molecule has 7 nitrogen and oxygen atoms in total. The van der Waals surface area contributed by atoms with Crippen molar-refractivity contribution in [3.8, 4) is 0 Å². The average molecular weight is 387 g/mol. The summed E-state index contributed by atoms with van der Waals surface area (Å²) in [6.45, 7) is 2.09. The fraction of sp³-hybridized carbons (Fsp3) is 0.571. The van der Waals surface area contributed by atoms with Crippen LogP contribution < -0.4 is 5.32 Å². The maximum Gasteiger partial charge on any atom is 0.407 e. The van der Waals surface area contributed by atoms with Crippen molar-refractivity contribution < 1.29 is 19.1 Å². The summed E-state index contributed by atoms with van der Waals surface area (Å²) in [6, 6.07) is 8.89. The smallest absolute Gasteiger partial charge is 0.407 e.